The normalized spacial score (nSPS) is 15.1. The Balaban J connectivity index is 1.66. The van der Waals surface area contributed by atoms with E-state index in [1.807, 2.05) is 6.07 Å². The Labute approximate surface area is 181 Å². The van der Waals surface area contributed by atoms with Gasteiger partial charge in [-0.05, 0) is 37.3 Å². The van der Waals surface area contributed by atoms with Gasteiger partial charge in [0.15, 0.2) is 6.10 Å². The lowest BCUT2D eigenvalue weighted by Crippen LogP contribution is -2.52. The van der Waals surface area contributed by atoms with E-state index >= 15 is 0 Å². The second kappa shape index (κ2) is 9.13. The molecule has 1 aliphatic heterocycles. The number of piperazine rings is 1. The van der Waals surface area contributed by atoms with E-state index in [4.69, 9.17) is 10.00 Å². The van der Waals surface area contributed by atoms with Crippen molar-refractivity contribution in [1.82, 2.24) is 4.90 Å². The van der Waals surface area contributed by atoms with Crippen molar-refractivity contribution in [3.8, 4) is 11.8 Å². The highest BCUT2D eigenvalue weighted by Gasteiger charge is 2.35. The van der Waals surface area contributed by atoms with Gasteiger partial charge >= 0.3 is 6.18 Å². The molecule has 3 rings (SSSR count). The summed E-state index contributed by atoms with van der Waals surface area (Å²) in [5.41, 5.74) is -1.25. The third kappa shape index (κ3) is 5.08. The zero-order chi connectivity index (χ0) is 23.5. The van der Waals surface area contributed by atoms with Gasteiger partial charge in [-0.2, -0.15) is 18.4 Å². The molecule has 1 amide bonds. The number of nitro benzene ring substituents is 1. The molecule has 1 heterocycles. The largest absolute Gasteiger partial charge is 0.481 e. The van der Waals surface area contributed by atoms with Gasteiger partial charge in [0.25, 0.3) is 11.6 Å². The van der Waals surface area contributed by atoms with Crippen LogP contribution >= 0.6 is 0 Å². The van der Waals surface area contributed by atoms with Gasteiger partial charge in [0.2, 0.25) is 0 Å². The first-order valence-corrected chi connectivity index (χ1v) is 9.66. The number of hydrogen-bond acceptors (Lipinski definition) is 6. The summed E-state index contributed by atoms with van der Waals surface area (Å²) in [6.45, 7) is 2.46. The zero-order valence-electron chi connectivity index (χ0n) is 17.0. The van der Waals surface area contributed by atoms with Gasteiger partial charge in [0, 0.05) is 32.2 Å². The number of rotatable bonds is 5. The van der Waals surface area contributed by atoms with Crippen molar-refractivity contribution in [3.05, 3.63) is 63.7 Å². The standard InChI is InChI=1S/C21H19F3N4O4/c1-14(32-17-4-2-3-15(11-17)13-25)20(29)27-9-7-26(8-10-27)18-6-5-16(21(22,23)24)12-19(18)28(30)31/h2-6,11-12,14H,7-10H2,1H3. The van der Waals surface area contributed by atoms with Crippen molar-refractivity contribution in [2.75, 3.05) is 31.1 Å². The number of nitrogens with zero attached hydrogens (tertiary/aromatic N) is 4. The van der Waals surface area contributed by atoms with Crippen LogP contribution in [0.3, 0.4) is 0 Å². The number of nitriles is 1. The molecule has 32 heavy (non-hydrogen) atoms. The number of carbonyl (C=O) groups excluding carboxylic acids is 1. The number of amides is 1. The van der Waals surface area contributed by atoms with Crippen LogP contribution in [-0.4, -0.2) is 48.0 Å². The molecule has 0 spiro atoms. The summed E-state index contributed by atoms with van der Waals surface area (Å²) in [6.07, 6.45) is -5.51. The number of anilines is 1. The number of hydrogen-bond donors (Lipinski definition) is 0. The molecule has 0 radical (unpaired) electrons. The number of carbonyl (C=O) groups is 1. The van der Waals surface area contributed by atoms with Gasteiger partial charge in [0.1, 0.15) is 11.4 Å². The van der Waals surface area contributed by atoms with Crippen LogP contribution in [0.5, 0.6) is 5.75 Å². The molecular weight excluding hydrogens is 429 g/mol. The molecule has 168 valence electrons. The highest BCUT2D eigenvalue weighted by Crippen LogP contribution is 2.36. The van der Waals surface area contributed by atoms with Crippen LogP contribution in [0, 0.1) is 21.4 Å². The van der Waals surface area contributed by atoms with Gasteiger partial charge in [-0.15, -0.1) is 0 Å². The molecule has 8 nitrogen and oxygen atoms in total. The molecule has 1 aliphatic rings. The van der Waals surface area contributed by atoms with Gasteiger partial charge in [0.05, 0.1) is 22.1 Å². The maximum atomic E-state index is 12.9. The number of ether oxygens (including phenoxy) is 1. The average molecular weight is 448 g/mol. The number of nitro groups is 1. The summed E-state index contributed by atoms with van der Waals surface area (Å²) in [6, 6.07) is 10.8. The molecule has 2 aromatic carbocycles. The number of halogens is 3. The van der Waals surface area contributed by atoms with Crippen LogP contribution in [0.4, 0.5) is 24.5 Å². The molecule has 11 heteroatoms. The SMILES string of the molecule is CC(Oc1cccc(C#N)c1)C(=O)N1CCN(c2ccc(C(F)(F)F)cc2[N+](=O)[O-])CC1. The lowest BCUT2D eigenvalue weighted by molar-refractivity contribution is -0.384. The molecule has 0 saturated carbocycles. The van der Waals surface area contributed by atoms with Crippen LogP contribution in [0.1, 0.15) is 18.1 Å². The molecule has 1 atom stereocenters. The minimum Gasteiger partial charge on any atom is -0.481 e. The molecular formula is C21H19F3N4O4. The predicted octanol–water partition coefficient (Wildman–Crippen LogP) is 3.60. The van der Waals surface area contributed by atoms with E-state index in [1.165, 1.54) is 11.0 Å². The fourth-order valence-corrected chi connectivity index (χ4v) is 3.43. The van der Waals surface area contributed by atoms with Crippen molar-refractivity contribution in [3.63, 3.8) is 0 Å². The molecule has 2 aromatic rings. The molecule has 0 aliphatic carbocycles. The second-order valence-corrected chi connectivity index (χ2v) is 7.17. The van der Waals surface area contributed by atoms with Gasteiger partial charge in [-0.25, -0.2) is 0 Å². The summed E-state index contributed by atoms with van der Waals surface area (Å²) in [5.74, 6) is 0.0813. The smallest absolute Gasteiger partial charge is 0.416 e. The van der Waals surface area contributed by atoms with Gasteiger partial charge in [-0.3, -0.25) is 14.9 Å². The van der Waals surface area contributed by atoms with Crippen LogP contribution in [0.2, 0.25) is 0 Å². The van der Waals surface area contributed by atoms with Crippen LogP contribution in [0.25, 0.3) is 0 Å². The van der Waals surface area contributed by atoms with Gasteiger partial charge < -0.3 is 14.5 Å². The topological polar surface area (TPSA) is 99.7 Å². The van der Waals surface area contributed by atoms with E-state index in [0.29, 0.717) is 17.4 Å². The summed E-state index contributed by atoms with van der Waals surface area (Å²) in [4.78, 5) is 26.3. The molecule has 1 fully saturated rings. The highest BCUT2D eigenvalue weighted by atomic mass is 19.4. The first-order valence-electron chi connectivity index (χ1n) is 9.66. The minimum absolute atomic E-state index is 0.0766. The molecule has 0 aromatic heterocycles. The zero-order valence-corrected chi connectivity index (χ0v) is 17.0. The minimum atomic E-state index is -4.68. The van der Waals surface area contributed by atoms with Crippen molar-refractivity contribution < 1.29 is 27.6 Å². The van der Waals surface area contributed by atoms with Crippen molar-refractivity contribution >= 4 is 17.3 Å². The molecule has 0 N–H and O–H groups in total. The second-order valence-electron chi connectivity index (χ2n) is 7.17. The maximum Gasteiger partial charge on any atom is 0.416 e. The van der Waals surface area contributed by atoms with E-state index < -0.39 is 28.5 Å². The first kappa shape index (κ1) is 22.9. The molecule has 0 bridgehead atoms. The Morgan fingerprint density at radius 2 is 1.88 bits per heavy atom. The lowest BCUT2D eigenvalue weighted by atomic mass is 10.1. The lowest BCUT2D eigenvalue weighted by Gasteiger charge is -2.36. The summed E-state index contributed by atoms with van der Waals surface area (Å²) >= 11 is 0. The third-order valence-electron chi connectivity index (χ3n) is 5.06. The Bertz CT molecular complexity index is 1060. The monoisotopic (exact) mass is 448 g/mol. The van der Waals surface area contributed by atoms with Gasteiger partial charge in [-0.1, -0.05) is 6.07 Å². The average Bonchev–Trinajstić information content (AvgIpc) is 2.77. The van der Waals surface area contributed by atoms with Crippen LogP contribution in [-0.2, 0) is 11.0 Å². The van der Waals surface area contributed by atoms with E-state index in [-0.39, 0.29) is 37.8 Å². The number of alkyl halides is 3. The van der Waals surface area contributed by atoms with Crippen LogP contribution in [0.15, 0.2) is 42.5 Å². The summed E-state index contributed by atoms with van der Waals surface area (Å²) in [5, 5.41) is 20.3. The van der Waals surface area contributed by atoms with E-state index in [1.54, 1.807) is 30.0 Å². The van der Waals surface area contributed by atoms with Crippen molar-refractivity contribution in [1.29, 1.82) is 5.26 Å². The maximum absolute atomic E-state index is 12.9. The van der Waals surface area contributed by atoms with E-state index in [0.717, 1.165) is 12.1 Å². The third-order valence-corrected chi connectivity index (χ3v) is 5.06. The van der Waals surface area contributed by atoms with Crippen molar-refractivity contribution in [2.24, 2.45) is 0 Å². The highest BCUT2D eigenvalue weighted by molar-refractivity contribution is 5.81. The summed E-state index contributed by atoms with van der Waals surface area (Å²) < 4.78 is 44.4. The Morgan fingerprint density at radius 3 is 2.47 bits per heavy atom. The molecule has 1 saturated heterocycles. The fraction of sp³-hybridized carbons (Fsp3) is 0.333. The Morgan fingerprint density at radius 1 is 1.19 bits per heavy atom. The van der Waals surface area contributed by atoms with E-state index in [2.05, 4.69) is 0 Å². The van der Waals surface area contributed by atoms with Crippen LogP contribution < -0.4 is 9.64 Å². The molecule has 1 unspecified atom stereocenters. The summed E-state index contributed by atoms with van der Waals surface area (Å²) in [7, 11) is 0. The van der Waals surface area contributed by atoms with Crippen molar-refractivity contribution in [2.45, 2.75) is 19.2 Å². The Hall–Kier alpha value is -3.81. The first-order chi connectivity index (χ1) is 15.1. The fourth-order valence-electron chi connectivity index (χ4n) is 3.43. The predicted molar refractivity (Wildman–Crippen MR) is 108 cm³/mol. The number of benzene rings is 2. The van der Waals surface area contributed by atoms with E-state index in [9.17, 15) is 28.1 Å². The Kier molecular flexibility index (Phi) is 6.53. The quantitative estimate of drug-likeness (QED) is 0.512.